The highest BCUT2D eigenvalue weighted by atomic mass is 16.1. The molecule has 1 amide bonds. The molecule has 2 N–H and O–H groups in total. The molecule has 0 radical (unpaired) electrons. The van der Waals surface area contributed by atoms with E-state index in [9.17, 15) is 9.59 Å². The van der Waals surface area contributed by atoms with Crippen molar-refractivity contribution in [2.45, 2.75) is 39.5 Å². The second-order valence-corrected chi connectivity index (χ2v) is 2.27. The first-order valence-corrected chi connectivity index (χ1v) is 3.84. The Morgan fingerprint density at radius 3 is 2.18 bits per heavy atom. The zero-order valence-corrected chi connectivity index (χ0v) is 7.30. The topological polar surface area (TPSA) is 60.2 Å². The van der Waals surface area contributed by atoms with Crippen molar-refractivity contribution in [3.63, 3.8) is 0 Å². The van der Waals surface area contributed by atoms with Crippen LogP contribution in [0.1, 0.15) is 39.5 Å². The summed E-state index contributed by atoms with van der Waals surface area (Å²) in [6.07, 6.45) is 5.19. The smallest absolute Gasteiger partial charge is 0.214 e. The molecule has 0 heterocycles. The van der Waals surface area contributed by atoms with E-state index in [0.29, 0.717) is 0 Å². The lowest BCUT2D eigenvalue weighted by atomic mass is 10.2. The molecule has 0 fully saturated rings. The van der Waals surface area contributed by atoms with E-state index in [0.717, 1.165) is 19.1 Å². The van der Waals surface area contributed by atoms with Crippen LogP contribution in [0.3, 0.4) is 0 Å². The number of primary amides is 1. The highest BCUT2D eigenvalue weighted by molar-refractivity contribution is 5.70. The van der Waals surface area contributed by atoms with Gasteiger partial charge in [-0.15, -0.1) is 0 Å². The third kappa shape index (κ3) is 47.3. The Hall–Kier alpha value is -0.860. The summed E-state index contributed by atoms with van der Waals surface area (Å²) in [7, 11) is 0. The third-order valence-corrected chi connectivity index (χ3v) is 0.926. The molecule has 0 bridgehead atoms. The molecule has 0 spiro atoms. The SMILES string of the molecule is CC(N)=O.CCCCCC=O. The third-order valence-electron chi connectivity index (χ3n) is 0.926. The molecule has 0 aromatic rings. The second-order valence-electron chi connectivity index (χ2n) is 2.27. The number of carbonyl (C=O) groups excluding carboxylic acids is 2. The van der Waals surface area contributed by atoms with Gasteiger partial charge in [0.25, 0.3) is 0 Å². The van der Waals surface area contributed by atoms with Crippen molar-refractivity contribution in [1.82, 2.24) is 0 Å². The van der Waals surface area contributed by atoms with Gasteiger partial charge in [-0.1, -0.05) is 19.8 Å². The van der Waals surface area contributed by atoms with Gasteiger partial charge < -0.3 is 10.5 Å². The van der Waals surface area contributed by atoms with Crippen molar-refractivity contribution in [3.8, 4) is 0 Å². The zero-order chi connectivity index (χ0) is 9.11. The van der Waals surface area contributed by atoms with Gasteiger partial charge in [-0.25, -0.2) is 0 Å². The zero-order valence-electron chi connectivity index (χ0n) is 7.30. The lowest BCUT2D eigenvalue weighted by molar-refractivity contribution is -0.116. The van der Waals surface area contributed by atoms with E-state index in [1.807, 2.05) is 0 Å². The van der Waals surface area contributed by atoms with E-state index in [1.165, 1.54) is 19.8 Å². The molecular formula is C8H17NO2. The molecule has 0 saturated carbocycles. The highest BCUT2D eigenvalue weighted by Gasteiger charge is 1.80. The molecule has 11 heavy (non-hydrogen) atoms. The van der Waals surface area contributed by atoms with Crippen molar-refractivity contribution in [3.05, 3.63) is 0 Å². The van der Waals surface area contributed by atoms with Crippen LogP contribution in [0, 0.1) is 0 Å². The Morgan fingerprint density at radius 1 is 1.45 bits per heavy atom. The van der Waals surface area contributed by atoms with E-state index < -0.39 is 0 Å². The van der Waals surface area contributed by atoms with E-state index in [1.54, 1.807) is 0 Å². The Labute approximate surface area is 68.0 Å². The van der Waals surface area contributed by atoms with Gasteiger partial charge in [-0.3, -0.25) is 4.79 Å². The van der Waals surface area contributed by atoms with Crippen LogP contribution in [0.5, 0.6) is 0 Å². The maximum atomic E-state index is 9.68. The van der Waals surface area contributed by atoms with Crippen LogP contribution in [0.2, 0.25) is 0 Å². The number of amides is 1. The number of aldehydes is 1. The predicted octanol–water partition coefficient (Wildman–Crippen LogP) is 1.26. The lowest BCUT2D eigenvalue weighted by Crippen LogP contribution is -2.01. The molecule has 0 aliphatic carbocycles. The average molecular weight is 159 g/mol. The van der Waals surface area contributed by atoms with Crippen molar-refractivity contribution < 1.29 is 9.59 Å². The molecule has 66 valence electrons. The average Bonchev–Trinajstić information content (AvgIpc) is 1.88. The minimum absolute atomic E-state index is 0.333. The molecule has 0 aliphatic rings. The molecule has 3 nitrogen and oxygen atoms in total. The van der Waals surface area contributed by atoms with Gasteiger partial charge >= 0.3 is 0 Å². The summed E-state index contributed by atoms with van der Waals surface area (Å²) in [6, 6.07) is 0. The summed E-state index contributed by atoms with van der Waals surface area (Å²) >= 11 is 0. The molecule has 0 rings (SSSR count). The normalized spacial score (nSPS) is 7.82. The van der Waals surface area contributed by atoms with Gasteiger partial charge in [0, 0.05) is 13.3 Å². The molecule has 0 unspecified atom stereocenters. The molecule has 0 aromatic carbocycles. The largest absolute Gasteiger partial charge is 0.370 e. The summed E-state index contributed by atoms with van der Waals surface area (Å²) in [6.45, 7) is 3.44. The number of unbranched alkanes of at least 4 members (excludes halogenated alkanes) is 3. The van der Waals surface area contributed by atoms with Gasteiger partial charge in [0.05, 0.1) is 0 Å². The predicted molar refractivity (Wildman–Crippen MR) is 45.1 cm³/mol. The van der Waals surface area contributed by atoms with Gasteiger partial charge in [0.15, 0.2) is 0 Å². The fourth-order valence-corrected chi connectivity index (χ4v) is 0.478. The standard InChI is InChI=1S/C6H12O.C2H5NO/c1-2-3-4-5-6-7;1-2(3)4/h6H,2-5H2,1H3;1H3,(H2,3,4). The Morgan fingerprint density at radius 2 is 1.91 bits per heavy atom. The fourth-order valence-electron chi connectivity index (χ4n) is 0.478. The second kappa shape index (κ2) is 11.9. The summed E-state index contributed by atoms with van der Waals surface area (Å²) < 4.78 is 0. The summed E-state index contributed by atoms with van der Waals surface area (Å²) in [5.74, 6) is -0.333. The molecule has 3 heteroatoms. The minimum atomic E-state index is -0.333. The van der Waals surface area contributed by atoms with Crippen LogP contribution in [0.15, 0.2) is 0 Å². The molecule has 0 aromatic heterocycles. The summed E-state index contributed by atoms with van der Waals surface area (Å²) in [4.78, 5) is 18.9. The Bertz CT molecular complexity index is 98.3. The molecule has 0 atom stereocenters. The number of rotatable bonds is 4. The van der Waals surface area contributed by atoms with Crippen molar-refractivity contribution in [2.24, 2.45) is 5.73 Å². The lowest BCUT2D eigenvalue weighted by Gasteiger charge is -1.85. The van der Waals surface area contributed by atoms with Crippen LogP contribution in [0.4, 0.5) is 0 Å². The van der Waals surface area contributed by atoms with E-state index in [-0.39, 0.29) is 5.91 Å². The monoisotopic (exact) mass is 159 g/mol. The van der Waals surface area contributed by atoms with E-state index in [2.05, 4.69) is 12.7 Å². The van der Waals surface area contributed by atoms with Crippen LogP contribution in [-0.2, 0) is 9.59 Å². The van der Waals surface area contributed by atoms with Crippen LogP contribution < -0.4 is 5.73 Å². The van der Waals surface area contributed by atoms with Gasteiger partial charge in [-0.05, 0) is 6.42 Å². The number of carbonyl (C=O) groups is 2. The maximum absolute atomic E-state index is 9.68. The van der Waals surface area contributed by atoms with Crippen LogP contribution in [0.25, 0.3) is 0 Å². The van der Waals surface area contributed by atoms with Crippen LogP contribution in [-0.4, -0.2) is 12.2 Å². The first-order chi connectivity index (χ1) is 5.15. The Balaban J connectivity index is 0. The van der Waals surface area contributed by atoms with E-state index in [4.69, 9.17) is 0 Å². The number of nitrogens with two attached hydrogens (primary N) is 1. The summed E-state index contributed by atoms with van der Waals surface area (Å²) in [5, 5.41) is 0. The Kier molecular flexibility index (Phi) is 13.8. The van der Waals surface area contributed by atoms with Crippen LogP contribution >= 0.6 is 0 Å². The quantitative estimate of drug-likeness (QED) is 0.496. The number of hydrogen-bond acceptors (Lipinski definition) is 2. The first kappa shape index (κ1) is 12.8. The molecular weight excluding hydrogens is 142 g/mol. The van der Waals surface area contributed by atoms with Crippen molar-refractivity contribution in [1.29, 1.82) is 0 Å². The molecule has 0 saturated heterocycles. The highest BCUT2D eigenvalue weighted by Crippen LogP contribution is 1.94. The molecule has 0 aliphatic heterocycles. The van der Waals surface area contributed by atoms with Crippen molar-refractivity contribution >= 4 is 12.2 Å². The van der Waals surface area contributed by atoms with Gasteiger partial charge in [0.2, 0.25) is 5.91 Å². The van der Waals surface area contributed by atoms with Gasteiger partial charge in [-0.2, -0.15) is 0 Å². The number of hydrogen-bond donors (Lipinski definition) is 1. The van der Waals surface area contributed by atoms with Gasteiger partial charge in [0.1, 0.15) is 6.29 Å². The van der Waals surface area contributed by atoms with E-state index >= 15 is 0 Å². The maximum Gasteiger partial charge on any atom is 0.214 e. The van der Waals surface area contributed by atoms with Crippen molar-refractivity contribution in [2.75, 3.05) is 0 Å². The fraction of sp³-hybridized carbons (Fsp3) is 0.750. The minimum Gasteiger partial charge on any atom is -0.370 e. The first-order valence-electron chi connectivity index (χ1n) is 3.84. The summed E-state index contributed by atoms with van der Waals surface area (Å²) in [5.41, 5.74) is 4.47.